The van der Waals surface area contributed by atoms with E-state index in [2.05, 4.69) is 30.0 Å². The quantitative estimate of drug-likeness (QED) is 0.687. The monoisotopic (exact) mass is 425 g/mol. The molecule has 0 saturated carbocycles. The van der Waals surface area contributed by atoms with Gasteiger partial charge in [0.1, 0.15) is 6.23 Å². The predicted molar refractivity (Wildman–Crippen MR) is 114 cm³/mol. The second-order valence-corrected chi connectivity index (χ2v) is 8.66. The molecule has 156 valence electrons. The van der Waals surface area contributed by atoms with E-state index in [9.17, 15) is 5.11 Å². The minimum Gasteiger partial charge on any atom is -0.374 e. The lowest BCUT2D eigenvalue weighted by atomic mass is 10.0. The van der Waals surface area contributed by atoms with Gasteiger partial charge in [0.25, 0.3) is 0 Å². The van der Waals surface area contributed by atoms with Gasteiger partial charge in [0, 0.05) is 48.2 Å². The Balaban J connectivity index is 1.32. The molecule has 2 fully saturated rings. The standard InChI is InChI=1S/C21H24ClN7O/c1-13-7-14(2)26-21(25-13)28-11-15-9-27(10-16(15)12-28)20(30)18-4-3-17(22)8-19(18)29-23-5-6-24-29/h3-8,15-16,20,30H,9-12H2,1-2H3. The van der Waals surface area contributed by atoms with Crippen molar-refractivity contribution in [2.24, 2.45) is 11.8 Å². The number of likely N-dealkylation sites (tertiary alicyclic amines) is 1. The number of aliphatic hydroxyl groups is 1. The van der Waals surface area contributed by atoms with Crippen LogP contribution in [0.4, 0.5) is 5.95 Å². The number of hydrogen-bond donors (Lipinski definition) is 1. The van der Waals surface area contributed by atoms with Gasteiger partial charge >= 0.3 is 0 Å². The van der Waals surface area contributed by atoms with Crippen molar-refractivity contribution in [2.75, 3.05) is 31.1 Å². The molecule has 5 rings (SSSR count). The van der Waals surface area contributed by atoms with Gasteiger partial charge in [-0.2, -0.15) is 15.0 Å². The molecule has 0 radical (unpaired) electrons. The van der Waals surface area contributed by atoms with Gasteiger partial charge in [0.05, 0.1) is 18.1 Å². The van der Waals surface area contributed by atoms with Crippen molar-refractivity contribution in [3.05, 3.63) is 58.6 Å². The van der Waals surface area contributed by atoms with Gasteiger partial charge in [0.2, 0.25) is 5.95 Å². The van der Waals surface area contributed by atoms with Gasteiger partial charge < -0.3 is 10.0 Å². The Labute approximate surface area is 180 Å². The molecule has 1 aromatic carbocycles. The molecule has 3 unspecified atom stereocenters. The molecule has 3 aromatic rings. The van der Waals surface area contributed by atoms with E-state index in [4.69, 9.17) is 11.6 Å². The van der Waals surface area contributed by atoms with Crippen molar-refractivity contribution in [1.29, 1.82) is 0 Å². The summed E-state index contributed by atoms with van der Waals surface area (Å²) < 4.78 is 0. The first-order valence-electron chi connectivity index (χ1n) is 10.1. The van der Waals surface area contributed by atoms with E-state index in [1.807, 2.05) is 26.0 Å². The summed E-state index contributed by atoms with van der Waals surface area (Å²) >= 11 is 6.19. The van der Waals surface area contributed by atoms with Crippen LogP contribution in [0, 0.1) is 25.7 Å². The highest BCUT2D eigenvalue weighted by Crippen LogP contribution is 2.37. The number of benzene rings is 1. The fourth-order valence-electron chi connectivity index (χ4n) is 4.69. The molecule has 2 aromatic heterocycles. The van der Waals surface area contributed by atoms with Crippen LogP contribution in [0.2, 0.25) is 5.02 Å². The third-order valence-corrected chi connectivity index (χ3v) is 6.25. The van der Waals surface area contributed by atoms with Gasteiger partial charge in [-0.15, -0.1) is 0 Å². The number of aryl methyl sites for hydroxylation is 2. The Kier molecular flexibility index (Phi) is 4.92. The van der Waals surface area contributed by atoms with Gasteiger partial charge in [-0.3, -0.25) is 4.90 Å². The average molecular weight is 426 g/mol. The van der Waals surface area contributed by atoms with Gasteiger partial charge in [-0.1, -0.05) is 17.7 Å². The first-order valence-corrected chi connectivity index (χ1v) is 10.5. The average Bonchev–Trinajstić information content (AvgIpc) is 3.43. The maximum atomic E-state index is 11.2. The summed E-state index contributed by atoms with van der Waals surface area (Å²) in [4.78, 5) is 15.1. The number of halogens is 1. The first-order chi connectivity index (χ1) is 14.5. The van der Waals surface area contributed by atoms with Crippen LogP contribution in [0.15, 0.2) is 36.7 Å². The summed E-state index contributed by atoms with van der Waals surface area (Å²) in [6.07, 6.45) is 2.49. The van der Waals surface area contributed by atoms with Gasteiger partial charge in [0.15, 0.2) is 0 Å². The Bertz CT molecular complexity index is 1020. The molecule has 2 saturated heterocycles. The van der Waals surface area contributed by atoms with E-state index in [-0.39, 0.29) is 0 Å². The topological polar surface area (TPSA) is 83.2 Å². The van der Waals surface area contributed by atoms with Crippen molar-refractivity contribution in [2.45, 2.75) is 20.1 Å². The highest BCUT2D eigenvalue weighted by atomic mass is 35.5. The number of aromatic nitrogens is 5. The number of fused-ring (bicyclic) bond motifs is 1. The molecule has 0 spiro atoms. The third-order valence-electron chi connectivity index (χ3n) is 6.02. The van der Waals surface area contributed by atoms with E-state index in [0.29, 0.717) is 22.5 Å². The summed E-state index contributed by atoms with van der Waals surface area (Å²) in [5.74, 6) is 1.77. The number of rotatable bonds is 4. The summed E-state index contributed by atoms with van der Waals surface area (Å²) in [5.41, 5.74) is 3.44. The lowest BCUT2D eigenvalue weighted by molar-refractivity contribution is 0.0139. The fraction of sp³-hybridized carbons (Fsp3) is 0.429. The molecule has 0 bridgehead atoms. The zero-order valence-electron chi connectivity index (χ0n) is 17.0. The van der Waals surface area contributed by atoms with Crippen LogP contribution in [0.1, 0.15) is 23.2 Å². The van der Waals surface area contributed by atoms with E-state index in [1.54, 1.807) is 24.5 Å². The minimum absolute atomic E-state index is 0.475. The molecule has 3 atom stereocenters. The van der Waals surface area contributed by atoms with Crippen molar-refractivity contribution in [3.63, 3.8) is 0 Å². The van der Waals surface area contributed by atoms with Crippen molar-refractivity contribution < 1.29 is 5.11 Å². The van der Waals surface area contributed by atoms with Crippen LogP contribution in [0.25, 0.3) is 5.69 Å². The molecule has 9 heteroatoms. The molecular formula is C21H24ClN7O. The number of nitrogens with zero attached hydrogens (tertiary/aromatic N) is 7. The van der Waals surface area contributed by atoms with Gasteiger partial charge in [-0.05, 0) is 43.9 Å². The van der Waals surface area contributed by atoms with Crippen LogP contribution in [0.5, 0.6) is 0 Å². The highest BCUT2D eigenvalue weighted by molar-refractivity contribution is 6.30. The molecular weight excluding hydrogens is 402 g/mol. The second-order valence-electron chi connectivity index (χ2n) is 8.23. The summed E-state index contributed by atoms with van der Waals surface area (Å²) in [5, 5.41) is 20.2. The molecule has 4 heterocycles. The van der Waals surface area contributed by atoms with E-state index < -0.39 is 6.23 Å². The third kappa shape index (κ3) is 3.55. The van der Waals surface area contributed by atoms with Crippen molar-refractivity contribution >= 4 is 17.5 Å². The Morgan fingerprint density at radius 2 is 1.60 bits per heavy atom. The van der Waals surface area contributed by atoms with Crippen LogP contribution in [-0.4, -0.2) is 61.1 Å². The summed E-state index contributed by atoms with van der Waals surface area (Å²) in [6, 6.07) is 7.44. The maximum Gasteiger partial charge on any atom is 0.225 e. The largest absolute Gasteiger partial charge is 0.374 e. The maximum absolute atomic E-state index is 11.2. The molecule has 0 amide bonds. The SMILES string of the molecule is Cc1cc(C)nc(N2CC3CN(C(O)c4ccc(Cl)cc4-n4nccn4)CC3C2)n1. The van der Waals surface area contributed by atoms with E-state index in [1.165, 1.54) is 4.80 Å². The summed E-state index contributed by atoms with van der Waals surface area (Å²) in [6.45, 7) is 7.47. The molecule has 2 aliphatic rings. The number of aliphatic hydroxyl groups excluding tert-OH is 1. The lowest BCUT2D eigenvalue weighted by Gasteiger charge is -2.27. The fourth-order valence-corrected chi connectivity index (χ4v) is 4.85. The van der Waals surface area contributed by atoms with Crippen LogP contribution >= 0.6 is 11.6 Å². The molecule has 0 aliphatic carbocycles. The Morgan fingerprint density at radius 3 is 2.23 bits per heavy atom. The van der Waals surface area contributed by atoms with E-state index in [0.717, 1.165) is 49.1 Å². The Morgan fingerprint density at radius 1 is 0.967 bits per heavy atom. The molecule has 30 heavy (non-hydrogen) atoms. The van der Waals surface area contributed by atoms with Crippen molar-refractivity contribution in [1.82, 2.24) is 29.9 Å². The lowest BCUT2D eigenvalue weighted by Crippen LogP contribution is -2.33. The number of hydrogen-bond acceptors (Lipinski definition) is 7. The summed E-state index contributed by atoms with van der Waals surface area (Å²) in [7, 11) is 0. The minimum atomic E-state index is -0.736. The van der Waals surface area contributed by atoms with Crippen LogP contribution in [-0.2, 0) is 0 Å². The predicted octanol–water partition coefficient (Wildman–Crippen LogP) is 2.39. The number of anilines is 1. The normalized spacial score (nSPS) is 22.5. The highest BCUT2D eigenvalue weighted by Gasteiger charge is 2.43. The van der Waals surface area contributed by atoms with E-state index >= 15 is 0 Å². The van der Waals surface area contributed by atoms with Crippen LogP contribution < -0.4 is 4.90 Å². The second kappa shape index (κ2) is 7.61. The zero-order chi connectivity index (χ0) is 20.8. The Hall–Kier alpha value is -2.55. The van der Waals surface area contributed by atoms with Crippen molar-refractivity contribution in [3.8, 4) is 5.69 Å². The zero-order valence-corrected chi connectivity index (χ0v) is 17.7. The first kappa shape index (κ1) is 19.4. The van der Waals surface area contributed by atoms with Gasteiger partial charge in [-0.25, -0.2) is 9.97 Å². The molecule has 2 aliphatic heterocycles. The smallest absolute Gasteiger partial charge is 0.225 e. The molecule has 8 nitrogen and oxygen atoms in total. The molecule has 1 N–H and O–H groups in total. The van der Waals surface area contributed by atoms with Crippen LogP contribution in [0.3, 0.4) is 0 Å².